The maximum atomic E-state index is 12.7. The summed E-state index contributed by atoms with van der Waals surface area (Å²) in [6, 6.07) is 25.8. The molecule has 0 unspecified atom stereocenters. The smallest absolute Gasteiger partial charge is 0.221 e. The van der Waals surface area contributed by atoms with Gasteiger partial charge < -0.3 is 5.32 Å². The normalized spacial score (nSPS) is 10.8. The second kappa shape index (κ2) is 9.65. The SMILES string of the molecule is O=C(CC(c1ccccc1)c1ccccc1)NCc1ccc(C(=O)c2ccsc2)s1. The third-order valence-electron chi connectivity index (χ3n) is 4.92. The summed E-state index contributed by atoms with van der Waals surface area (Å²) in [4.78, 5) is 26.8. The summed E-state index contributed by atoms with van der Waals surface area (Å²) in [5.41, 5.74) is 2.96. The Morgan fingerprint density at radius 1 is 0.833 bits per heavy atom. The van der Waals surface area contributed by atoms with Crippen LogP contribution >= 0.6 is 22.7 Å². The lowest BCUT2D eigenvalue weighted by molar-refractivity contribution is -0.121. The molecule has 1 N–H and O–H groups in total. The van der Waals surface area contributed by atoms with E-state index >= 15 is 0 Å². The summed E-state index contributed by atoms with van der Waals surface area (Å²) in [7, 11) is 0. The van der Waals surface area contributed by atoms with E-state index in [1.807, 2.05) is 65.4 Å². The zero-order valence-corrected chi connectivity index (χ0v) is 17.9. The summed E-state index contributed by atoms with van der Waals surface area (Å²) < 4.78 is 0. The maximum Gasteiger partial charge on any atom is 0.221 e. The second-order valence-corrected chi connectivity index (χ2v) is 8.91. The Balaban J connectivity index is 1.40. The number of nitrogens with one attached hydrogen (secondary N) is 1. The van der Waals surface area contributed by atoms with Crippen molar-refractivity contribution in [2.75, 3.05) is 0 Å². The van der Waals surface area contributed by atoms with Crippen molar-refractivity contribution in [3.05, 3.63) is 116 Å². The fourth-order valence-electron chi connectivity index (χ4n) is 3.37. The van der Waals surface area contributed by atoms with Crippen LogP contribution in [0.1, 0.15) is 43.6 Å². The number of hydrogen-bond acceptors (Lipinski definition) is 4. The molecule has 0 atom stereocenters. The molecule has 0 aliphatic heterocycles. The number of amides is 1. The minimum absolute atomic E-state index is 0.00599. The molecule has 0 saturated carbocycles. The fourth-order valence-corrected chi connectivity index (χ4v) is 4.92. The van der Waals surface area contributed by atoms with E-state index in [4.69, 9.17) is 0 Å². The molecule has 3 nitrogen and oxygen atoms in total. The van der Waals surface area contributed by atoms with E-state index in [-0.39, 0.29) is 17.6 Å². The van der Waals surface area contributed by atoms with Crippen molar-refractivity contribution in [1.82, 2.24) is 5.32 Å². The predicted molar refractivity (Wildman–Crippen MR) is 123 cm³/mol. The lowest BCUT2D eigenvalue weighted by Gasteiger charge is -2.17. The first-order chi connectivity index (χ1) is 14.7. The molecule has 30 heavy (non-hydrogen) atoms. The number of benzene rings is 2. The van der Waals surface area contributed by atoms with Gasteiger partial charge in [0.1, 0.15) is 0 Å². The Labute approximate surface area is 184 Å². The average molecular weight is 432 g/mol. The third kappa shape index (κ3) is 4.93. The number of rotatable bonds is 8. The summed E-state index contributed by atoms with van der Waals surface area (Å²) in [5, 5.41) is 6.78. The van der Waals surface area contributed by atoms with E-state index in [1.54, 1.807) is 0 Å². The van der Waals surface area contributed by atoms with Gasteiger partial charge in [0.2, 0.25) is 11.7 Å². The van der Waals surface area contributed by atoms with Gasteiger partial charge in [0, 0.05) is 28.2 Å². The molecule has 0 spiro atoms. The van der Waals surface area contributed by atoms with E-state index in [2.05, 4.69) is 29.6 Å². The summed E-state index contributed by atoms with van der Waals surface area (Å²) in [6.45, 7) is 0.427. The van der Waals surface area contributed by atoms with Gasteiger partial charge in [0.25, 0.3) is 0 Å². The summed E-state index contributed by atoms with van der Waals surface area (Å²) in [5.74, 6) is 0.0327. The first-order valence-electron chi connectivity index (χ1n) is 9.73. The predicted octanol–water partition coefficient (Wildman–Crippen LogP) is 5.88. The molecular formula is C25H21NO2S2. The van der Waals surface area contributed by atoms with Crippen LogP contribution in [0.25, 0.3) is 0 Å². The van der Waals surface area contributed by atoms with Gasteiger partial charge in [-0.15, -0.1) is 11.3 Å². The Morgan fingerprint density at radius 3 is 2.10 bits per heavy atom. The van der Waals surface area contributed by atoms with Gasteiger partial charge in [-0.05, 0) is 34.7 Å². The first kappa shape index (κ1) is 20.3. The zero-order chi connectivity index (χ0) is 20.8. The highest BCUT2D eigenvalue weighted by Crippen LogP contribution is 2.28. The van der Waals surface area contributed by atoms with Crippen molar-refractivity contribution in [3.8, 4) is 0 Å². The molecule has 5 heteroatoms. The third-order valence-corrected chi connectivity index (χ3v) is 6.69. The van der Waals surface area contributed by atoms with Crippen molar-refractivity contribution in [2.24, 2.45) is 0 Å². The van der Waals surface area contributed by atoms with Crippen LogP contribution in [0, 0.1) is 0 Å². The number of ketones is 1. The molecule has 1 amide bonds. The molecule has 0 aliphatic rings. The van der Waals surface area contributed by atoms with Gasteiger partial charge in [-0.25, -0.2) is 0 Å². The van der Waals surface area contributed by atoms with Crippen molar-refractivity contribution in [2.45, 2.75) is 18.9 Å². The fraction of sp³-hybridized carbons (Fsp3) is 0.120. The van der Waals surface area contributed by atoms with Crippen LogP contribution in [-0.2, 0) is 11.3 Å². The Kier molecular flexibility index (Phi) is 6.52. The zero-order valence-electron chi connectivity index (χ0n) is 16.3. The van der Waals surface area contributed by atoms with Crippen LogP contribution in [0.15, 0.2) is 89.6 Å². The minimum Gasteiger partial charge on any atom is -0.351 e. The Morgan fingerprint density at radius 2 is 1.50 bits per heavy atom. The van der Waals surface area contributed by atoms with E-state index in [0.29, 0.717) is 23.4 Å². The standard InChI is InChI=1S/C25H21NO2S2/c27-24(15-22(18-7-3-1-4-8-18)19-9-5-2-6-10-19)26-16-21-11-12-23(30-21)25(28)20-13-14-29-17-20/h1-14,17,22H,15-16H2,(H,26,27). The Bertz CT molecular complexity index is 1060. The number of thiophene rings is 2. The van der Waals surface area contributed by atoms with Gasteiger partial charge in [-0.2, -0.15) is 11.3 Å². The van der Waals surface area contributed by atoms with Gasteiger partial charge in [0.05, 0.1) is 11.4 Å². The van der Waals surface area contributed by atoms with Crippen LogP contribution in [0.4, 0.5) is 0 Å². The molecule has 0 saturated heterocycles. The topological polar surface area (TPSA) is 46.2 Å². The molecule has 0 radical (unpaired) electrons. The van der Waals surface area contributed by atoms with Crippen LogP contribution in [0.2, 0.25) is 0 Å². The molecule has 4 aromatic rings. The Hall–Kier alpha value is -3.02. The molecule has 0 aliphatic carbocycles. The second-order valence-electron chi connectivity index (χ2n) is 6.96. The molecule has 2 aromatic carbocycles. The van der Waals surface area contributed by atoms with Gasteiger partial charge in [-0.1, -0.05) is 60.7 Å². The average Bonchev–Trinajstić information content (AvgIpc) is 3.49. The van der Waals surface area contributed by atoms with Gasteiger partial charge in [-0.3, -0.25) is 9.59 Å². The molecule has 0 fully saturated rings. The lowest BCUT2D eigenvalue weighted by atomic mass is 9.88. The van der Waals surface area contributed by atoms with Gasteiger partial charge >= 0.3 is 0 Å². The molecule has 0 bridgehead atoms. The summed E-state index contributed by atoms with van der Waals surface area (Å²) in [6.07, 6.45) is 0.375. The first-order valence-corrected chi connectivity index (χ1v) is 11.5. The highest BCUT2D eigenvalue weighted by molar-refractivity contribution is 7.14. The van der Waals surface area contributed by atoms with Crippen molar-refractivity contribution in [3.63, 3.8) is 0 Å². The largest absolute Gasteiger partial charge is 0.351 e. The molecule has 150 valence electrons. The van der Waals surface area contributed by atoms with Crippen LogP contribution in [0.5, 0.6) is 0 Å². The quantitative estimate of drug-likeness (QED) is 0.354. The maximum absolute atomic E-state index is 12.7. The summed E-state index contributed by atoms with van der Waals surface area (Å²) >= 11 is 2.95. The van der Waals surface area contributed by atoms with Crippen molar-refractivity contribution in [1.29, 1.82) is 0 Å². The van der Waals surface area contributed by atoms with E-state index < -0.39 is 0 Å². The van der Waals surface area contributed by atoms with Crippen molar-refractivity contribution < 1.29 is 9.59 Å². The van der Waals surface area contributed by atoms with E-state index in [0.717, 1.165) is 16.0 Å². The molecule has 2 aromatic heterocycles. The monoisotopic (exact) mass is 431 g/mol. The number of carbonyl (C=O) groups excluding carboxylic acids is 2. The highest BCUT2D eigenvalue weighted by atomic mass is 32.1. The van der Waals surface area contributed by atoms with Gasteiger partial charge in [0.15, 0.2) is 0 Å². The van der Waals surface area contributed by atoms with E-state index in [9.17, 15) is 9.59 Å². The minimum atomic E-state index is -0.00758. The van der Waals surface area contributed by atoms with Crippen LogP contribution in [0.3, 0.4) is 0 Å². The number of carbonyl (C=O) groups is 2. The van der Waals surface area contributed by atoms with E-state index in [1.165, 1.54) is 22.7 Å². The van der Waals surface area contributed by atoms with Crippen LogP contribution < -0.4 is 5.32 Å². The molecule has 2 heterocycles. The van der Waals surface area contributed by atoms with Crippen LogP contribution in [-0.4, -0.2) is 11.7 Å². The molecular weight excluding hydrogens is 410 g/mol. The highest BCUT2D eigenvalue weighted by Gasteiger charge is 2.18. The number of hydrogen-bond donors (Lipinski definition) is 1. The van der Waals surface area contributed by atoms with Crippen molar-refractivity contribution >= 4 is 34.4 Å². The lowest BCUT2D eigenvalue weighted by Crippen LogP contribution is -2.24. The molecule has 4 rings (SSSR count).